The molecule has 1 unspecified atom stereocenters. The second-order valence-corrected chi connectivity index (χ2v) is 4.40. The fourth-order valence-corrected chi connectivity index (χ4v) is 2.15. The molecule has 2 N–H and O–H groups in total. The Kier molecular flexibility index (Phi) is 2.76. The number of nitrogens with one attached hydrogen (secondary N) is 1. The molecule has 0 saturated heterocycles. The number of benzene rings is 1. The zero-order valence-electron chi connectivity index (χ0n) is 10.6. The summed E-state index contributed by atoms with van der Waals surface area (Å²) in [7, 11) is 1.50. The van der Waals surface area contributed by atoms with Crippen molar-refractivity contribution in [3.63, 3.8) is 0 Å². The Balaban J connectivity index is 2.32. The van der Waals surface area contributed by atoms with Gasteiger partial charge in [0.1, 0.15) is 5.52 Å². The van der Waals surface area contributed by atoms with Crippen molar-refractivity contribution in [3.05, 3.63) is 63.1 Å². The topological polar surface area (TPSA) is 92.9 Å². The van der Waals surface area contributed by atoms with Crippen LogP contribution in [0.5, 0.6) is 0 Å². The Morgan fingerprint density at radius 2 is 1.95 bits per heavy atom. The van der Waals surface area contributed by atoms with Crippen molar-refractivity contribution in [1.29, 1.82) is 0 Å². The van der Waals surface area contributed by atoms with Gasteiger partial charge in [0.25, 0.3) is 5.56 Å². The van der Waals surface area contributed by atoms with Crippen LogP contribution in [0.3, 0.4) is 0 Å². The van der Waals surface area contributed by atoms with Crippen LogP contribution < -0.4 is 11.2 Å². The molecule has 0 fully saturated rings. The molecule has 7 nitrogen and oxygen atoms in total. The van der Waals surface area contributed by atoms with E-state index in [0.29, 0.717) is 5.56 Å². The molecule has 0 aliphatic carbocycles. The molecular formula is C13H12N4O3. The molecule has 0 spiro atoms. The highest BCUT2D eigenvalue weighted by molar-refractivity contribution is 5.68. The molecule has 2 heterocycles. The van der Waals surface area contributed by atoms with Crippen molar-refractivity contribution in [2.75, 3.05) is 0 Å². The minimum absolute atomic E-state index is 0.182. The minimum Gasteiger partial charge on any atom is -0.369 e. The van der Waals surface area contributed by atoms with Gasteiger partial charge in [-0.3, -0.25) is 9.36 Å². The van der Waals surface area contributed by atoms with Gasteiger partial charge in [-0.25, -0.2) is 14.3 Å². The quantitative estimate of drug-likeness (QED) is 0.684. The minimum atomic E-state index is -1.34. The van der Waals surface area contributed by atoms with E-state index in [1.165, 1.54) is 17.9 Å². The molecule has 0 amide bonds. The van der Waals surface area contributed by atoms with E-state index >= 15 is 0 Å². The van der Waals surface area contributed by atoms with E-state index in [9.17, 15) is 14.7 Å². The van der Waals surface area contributed by atoms with E-state index in [1.54, 1.807) is 30.3 Å². The van der Waals surface area contributed by atoms with Crippen molar-refractivity contribution in [2.24, 2.45) is 7.05 Å². The van der Waals surface area contributed by atoms with E-state index in [2.05, 4.69) is 9.97 Å². The number of aromatic nitrogens is 4. The van der Waals surface area contributed by atoms with Gasteiger partial charge in [0.15, 0.2) is 11.9 Å². The Morgan fingerprint density at radius 1 is 1.25 bits per heavy atom. The first-order valence-electron chi connectivity index (χ1n) is 5.99. The van der Waals surface area contributed by atoms with Gasteiger partial charge in [-0.15, -0.1) is 0 Å². The summed E-state index contributed by atoms with van der Waals surface area (Å²) in [4.78, 5) is 31.1. The largest absolute Gasteiger partial charge is 0.369 e. The van der Waals surface area contributed by atoms with Gasteiger partial charge in [0.2, 0.25) is 0 Å². The highest BCUT2D eigenvalue weighted by atomic mass is 16.3. The number of fused-ring (bicyclic) bond motifs is 1. The Hall–Kier alpha value is -2.67. The number of aromatic amines is 1. The Bertz CT molecular complexity index is 876. The van der Waals surface area contributed by atoms with Crippen LogP contribution in [0.25, 0.3) is 11.2 Å². The molecule has 2 aromatic heterocycles. The number of aryl methyl sites for hydroxylation is 1. The third-order valence-corrected chi connectivity index (χ3v) is 3.20. The maximum atomic E-state index is 12.3. The lowest BCUT2D eigenvalue weighted by molar-refractivity contribution is 0.136. The van der Waals surface area contributed by atoms with E-state index in [0.717, 1.165) is 4.57 Å². The normalized spacial score (nSPS) is 12.7. The van der Waals surface area contributed by atoms with Gasteiger partial charge < -0.3 is 10.1 Å². The summed E-state index contributed by atoms with van der Waals surface area (Å²) in [5, 5.41) is 10.3. The third kappa shape index (κ3) is 1.68. The fourth-order valence-electron chi connectivity index (χ4n) is 2.15. The van der Waals surface area contributed by atoms with Crippen molar-refractivity contribution in [1.82, 2.24) is 19.1 Å². The summed E-state index contributed by atoms with van der Waals surface area (Å²) in [5.74, 6) is 0. The SMILES string of the molecule is Cn1c(=O)n(C(O)c2ccccc2)c(=O)c2[nH]cnc21. The first-order valence-corrected chi connectivity index (χ1v) is 5.99. The average molecular weight is 272 g/mol. The smallest absolute Gasteiger partial charge is 0.334 e. The number of H-pyrrole nitrogens is 1. The average Bonchev–Trinajstić information content (AvgIpc) is 2.96. The molecule has 0 aliphatic rings. The maximum Gasteiger partial charge on any atom is 0.334 e. The monoisotopic (exact) mass is 272 g/mol. The number of nitrogens with zero attached hydrogens (tertiary/aromatic N) is 3. The number of hydrogen-bond donors (Lipinski definition) is 2. The number of aliphatic hydroxyl groups is 1. The summed E-state index contributed by atoms with van der Waals surface area (Å²) in [6.07, 6.45) is 0.000170. The van der Waals surface area contributed by atoms with Crippen LogP contribution in [0.4, 0.5) is 0 Å². The number of aliphatic hydroxyl groups excluding tert-OH is 1. The molecule has 102 valence electrons. The molecule has 0 saturated carbocycles. The number of imidazole rings is 1. The molecule has 1 aromatic carbocycles. The van der Waals surface area contributed by atoms with Gasteiger partial charge >= 0.3 is 5.69 Å². The van der Waals surface area contributed by atoms with Gasteiger partial charge in [-0.1, -0.05) is 30.3 Å². The van der Waals surface area contributed by atoms with Crippen molar-refractivity contribution >= 4 is 11.2 Å². The third-order valence-electron chi connectivity index (χ3n) is 3.20. The van der Waals surface area contributed by atoms with Gasteiger partial charge in [-0.05, 0) is 0 Å². The number of hydrogen-bond acceptors (Lipinski definition) is 4. The van der Waals surface area contributed by atoms with E-state index in [4.69, 9.17) is 0 Å². The molecule has 0 bridgehead atoms. The van der Waals surface area contributed by atoms with Crippen molar-refractivity contribution < 1.29 is 5.11 Å². The van der Waals surface area contributed by atoms with E-state index in [-0.39, 0.29) is 11.2 Å². The fraction of sp³-hybridized carbons (Fsp3) is 0.154. The summed E-state index contributed by atoms with van der Waals surface area (Å²) in [6, 6.07) is 8.53. The second-order valence-electron chi connectivity index (χ2n) is 4.40. The lowest BCUT2D eigenvalue weighted by atomic mass is 10.2. The summed E-state index contributed by atoms with van der Waals surface area (Å²) >= 11 is 0. The van der Waals surface area contributed by atoms with Gasteiger partial charge in [0.05, 0.1) is 6.33 Å². The molecule has 20 heavy (non-hydrogen) atoms. The first kappa shape index (κ1) is 12.4. The van der Waals surface area contributed by atoms with Crippen LogP contribution in [-0.4, -0.2) is 24.2 Å². The molecule has 1 atom stereocenters. The summed E-state index contributed by atoms with van der Waals surface area (Å²) < 4.78 is 2.02. The van der Waals surface area contributed by atoms with Crippen molar-refractivity contribution in [2.45, 2.75) is 6.23 Å². The van der Waals surface area contributed by atoms with Gasteiger partial charge in [-0.2, -0.15) is 0 Å². The molecule has 0 radical (unpaired) electrons. The molecular weight excluding hydrogens is 260 g/mol. The zero-order chi connectivity index (χ0) is 14.3. The zero-order valence-corrected chi connectivity index (χ0v) is 10.6. The summed E-state index contributed by atoms with van der Waals surface area (Å²) in [5.41, 5.74) is -0.313. The predicted molar refractivity (Wildman–Crippen MR) is 72.4 cm³/mol. The summed E-state index contributed by atoms with van der Waals surface area (Å²) in [6.45, 7) is 0. The lowest BCUT2D eigenvalue weighted by Gasteiger charge is -2.14. The van der Waals surface area contributed by atoms with E-state index in [1.807, 2.05) is 0 Å². The number of rotatable bonds is 2. The predicted octanol–water partition coefficient (Wildman–Crippen LogP) is -0.0375. The van der Waals surface area contributed by atoms with Crippen LogP contribution >= 0.6 is 0 Å². The van der Waals surface area contributed by atoms with Crippen LogP contribution in [-0.2, 0) is 7.05 Å². The standard InChI is InChI=1S/C13H12N4O3/c1-16-10-9(14-7-15-10)12(19)17(13(16)20)11(18)8-5-3-2-4-6-8/h2-7,11,18H,1H3,(H,14,15). The lowest BCUT2D eigenvalue weighted by Crippen LogP contribution is -2.41. The molecule has 3 rings (SSSR count). The van der Waals surface area contributed by atoms with Crippen LogP contribution in [0.15, 0.2) is 46.2 Å². The first-order chi connectivity index (χ1) is 9.61. The molecule has 0 aliphatic heterocycles. The molecule has 7 heteroatoms. The Morgan fingerprint density at radius 3 is 2.65 bits per heavy atom. The Labute approximate surface area is 112 Å². The van der Waals surface area contributed by atoms with Crippen molar-refractivity contribution in [3.8, 4) is 0 Å². The second kappa shape index (κ2) is 4.46. The van der Waals surface area contributed by atoms with Crippen LogP contribution in [0.1, 0.15) is 11.8 Å². The highest BCUT2D eigenvalue weighted by Gasteiger charge is 2.19. The van der Waals surface area contributed by atoms with Gasteiger partial charge in [0, 0.05) is 12.6 Å². The van der Waals surface area contributed by atoms with Crippen LogP contribution in [0, 0.1) is 0 Å². The van der Waals surface area contributed by atoms with E-state index < -0.39 is 17.5 Å². The highest BCUT2D eigenvalue weighted by Crippen LogP contribution is 2.12. The maximum absolute atomic E-state index is 12.3. The van der Waals surface area contributed by atoms with Crippen LogP contribution in [0.2, 0.25) is 0 Å². The molecule has 3 aromatic rings.